The molecule has 0 bridgehead atoms. The average molecular weight is 433 g/mol. The summed E-state index contributed by atoms with van der Waals surface area (Å²) >= 11 is 0. The lowest BCUT2D eigenvalue weighted by atomic mass is 9.99. The molecule has 0 N–H and O–H groups in total. The normalized spacial score (nSPS) is 14.5. The Kier molecular flexibility index (Phi) is 6.48. The predicted molar refractivity (Wildman–Crippen MR) is 115 cm³/mol. The summed E-state index contributed by atoms with van der Waals surface area (Å²) < 4.78 is 2.28. The van der Waals surface area contributed by atoms with Gasteiger partial charge in [0.05, 0.1) is 5.39 Å². The monoisotopic (exact) mass is 432 g/mol. The molecule has 0 atom stereocenters. The first-order chi connectivity index (χ1) is 13.3. The van der Waals surface area contributed by atoms with Crippen LogP contribution in [-0.2, 0) is 6.54 Å². The van der Waals surface area contributed by atoms with Crippen molar-refractivity contribution in [2.75, 3.05) is 11.4 Å². The van der Waals surface area contributed by atoms with E-state index in [1.807, 2.05) is 0 Å². The molecule has 1 aliphatic heterocycles. The third-order valence-electron chi connectivity index (χ3n) is 5.15. The molecular weight excluding hydrogens is 408 g/mol. The average Bonchev–Trinajstić information content (AvgIpc) is 2.74. The lowest BCUT2D eigenvalue weighted by molar-refractivity contribution is -0.667. The molecule has 0 radical (unpaired) electrons. The molecule has 0 saturated carbocycles. The van der Waals surface area contributed by atoms with Crippen LogP contribution >= 0.6 is 0 Å². The number of pyridine rings is 1. The molecular formula is C25H25BrN2. The number of hydrogen-bond donors (Lipinski definition) is 0. The SMILES string of the molecule is CCN1C=C/C(=C\C=C\c2cc[n+](CC)c3ccccc23)c2ccccc21.[Br-]. The smallest absolute Gasteiger partial charge is 0.213 e. The molecule has 0 aliphatic carbocycles. The molecule has 0 spiro atoms. The molecule has 0 unspecified atom stereocenters. The Morgan fingerprint density at radius 3 is 2.57 bits per heavy atom. The van der Waals surface area contributed by atoms with Gasteiger partial charge in [0.25, 0.3) is 0 Å². The zero-order chi connectivity index (χ0) is 18.6. The van der Waals surface area contributed by atoms with E-state index < -0.39 is 0 Å². The van der Waals surface area contributed by atoms with Gasteiger partial charge in [-0.2, -0.15) is 4.57 Å². The Morgan fingerprint density at radius 2 is 1.75 bits per heavy atom. The maximum Gasteiger partial charge on any atom is 0.213 e. The van der Waals surface area contributed by atoms with Crippen LogP contribution in [0.5, 0.6) is 0 Å². The second kappa shape index (κ2) is 9.03. The number of nitrogens with zero attached hydrogens (tertiary/aromatic N) is 2. The van der Waals surface area contributed by atoms with Gasteiger partial charge in [-0.3, -0.25) is 0 Å². The van der Waals surface area contributed by atoms with Crippen LogP contribution in [0, 0.1) is 0 Å². The van der Waals surface area contributed by atoms with Crippen molar-refractivity contribution in [2.45, 2.75) is 20.4 Å². The minimum Gasteiger partial charge on any atom is -1.00 e. The van der Waals surface area contributed by atoms with Crippen molar-refractivity contribution in [3.8, 4) is 0 Å². The van der Waals surface area contributed by atoms with Gasteiger partial charge in [0.15, 0.2) is 6.20 Å². The molecule has 0 amide bonds. The molecule has 0 saturated heterocycles. The van der Waals surface area contributed by atoms with Crippen molar-refractivity contribution in [3.63, 3.8) is 0 Å². The highest BCUT2D eigenvalue weighted by atomic mass is 79.9. The molecule has 1 aromatic heterocycles. The minimum absolute atomic E-state index is 0. The van der Waals surface area contributed by atoms with E-state index in [4.69, 9.17) is 0 Å². The Hall–Kier alpha value is -2.65. The fraction of sp³-hybridized carbons (Fsp3) is 0.160. The number of aryl methyl sites for hydroxylation is 1. The molecule has 2 nitrogen and oxygen atoms in total. The summed E-state index contributed by atoms with van der Waals surface area (Å²) in [5, 5.41) is 1.29. The summed E-state index contributed by atoms with van der Waals surface area (Å²) in [6, 6.07) is 19.4. The summed E-state index contributed by atoms with van der Waals surface area (Å²) in [7, 11) is 0. The summed E-state index contributed by atoms with van der Waals surface area (Å²) in [5.74, 6) is 0. The Morgan fingerprint density at radius 1 is 0.964 bits per heavy atom. The minimum atomic E-state index is 0. The first kappa shape index (κ1) is 20.1. The summed E-state index contributed by atoms with van der Waals surface area (Å²) in [4.78, 5) is 2.28. The Bertz CT molecular complexity index is 1060. The van der Waals surface area contributed by atoms with Gasteiger partial charge >= 0.3 is 0 Å². The van der Waals surface area contributed by atoms with Crippen LogP contribution in [0.25, 0.3) is 22.6 Å². The lowest BCUT2D eigenvalue weighted by Gasteiger charge is -2.26. The van der Waals surface area contributed by atoms with Crippen molar-refractivity contribution in [3.05, 3.63) is 96.3 Å². The van der Waals surface area contributed by atoms with Crippen LogP contribution in [0.2, 0.25) is 0 Å². The third kappa shape index (κ3) is 3.81. The van der Waals surface area contributed by atoms with Crippen LogP contribution in [0.4, 0.5) is 5.69 Å². The van der Waals surface area contributed by atoms with Gasteiger partial charge < -0.3 is 21.9 Å². The van der Waals surface area contributed by atoms with Crippen molar-refractivity contribution < 1.29 is 21.5 Å². The topological polar surface area (TPSA) is 7.12 Å². The van der Waals surface area contributed by atoms with E-state index in [0.29, 0.717) is 0 Å². The van der Waals surface area contributed by atoms with E-state index >= 15 is 0 Å². The number of fused-ring (bicyclic) bond motifs is 2. The molecule has 2 aromatic carbocycles. The number of allylic oxidation sites excluding steroid dienone is 4. The van der Waals surface area contributed by atoms with Gasteiger partial charge in [-0.05, 0) is 43.2 Å². The Balaban J connectivity index is 0.00000225. The highest BCUT2D eigenvalue weighted by molar-refractivity contribution is 5.89. The Labute approximate surface area is 177 Å². The maximum atomic E-state index is 2.28. The fourth-order valence-electron chi connectivity index (χ4n) is 3.71. The van der Waals surface area contributed by atoms with E-state index in [2.05, 4.69) is 115 Å². The lowest BCUT2D eigenvalue weighted by Crippen LogP contribution is -3.00. The van der Waals surface area contributed by atoms with E-state index in [9.17, 15) is 0 Å². The number of anilines is 1. The summed E-state index contributed by atoms with van der Waals surface area (Å²) in [6.45, 7) is 6.31. The first-order valence-corrected chi connectivity index (χ1v) is 9.65. The van der Waals surface area contributed by atoms with Gasteiger partial charge in [-0.1, -0.05) is 48.6 Å². The van der Waals surface area contributed by atoms with Crippen molar-refractivity contribution in [2.24, 2.45) is 0 Å². The second-order valence-electron chi connectivity index (χ2n) is 6.67. The first-order valence-electron chi connectivity index (χ1n) is 9.65. The quantitative estimate of drug-likeness (QED) is 0.574. The molecule has 4 rings (SSSR count). The van der Waals surface area contributed by atoms with E-state index in [-0.39, 0.29) is 17.0 Å². The van der Waals surface area contributed by atoms with Crippen molar-refractivity contribution in [1.82, 2.24) is 0 Å². The molecule has 3 heteroatoms. The molecule has 1 aliphatic rings. The summed E-state index contributed by atoms with van der Waals surface area (Å²) in [6.07, 6.45) is 13.1. The van der Waals surface area contributed by atoms with Gasteiger partial charge in [-0.15, -0.1) is 0 Å². The number of aromatic nitrogens is 1. The standard InChI is InChI=1S/C25H25N2.BrH/c1-3-26-18-16-20(22-12-5-7-14-24(22)26)10-9-11-21-17-19-27(4-2)25-15-8-6-13-23(21)25;/h5-19H,3-4H2,1-2H3;1H/q+1;/p-1. The van der Waals surface area contributed by atoms with E-state index in [0.717, 1.165) is 13.1 Å². The number of halogens is 1. The van der Waals surface area contributed by atoms with Crippen LogP contribution in [-0.4, -0.2) is 6.54 Å². The van der Waals surface area contributed by atoms with Crippen molar-refractivity contribution >= 4 is 28.2 Å². The maximum absolute atomic E-state index is 2.28. The van der Waals surface area contributed by atoms with Crippen LogP contribution in [0.3, 0.4) is 0 Å². The zero-order valence-electron chi connectivity index (χ0n) is 16.3. The van der Waals surface area contributed by atoms with E-state index in [1.54, 1.807) is 0 Å². The molecule has 142 valence electrons. The zero-order valence-corrected chi connectivity index (χ0v) is 17.9. The molecule has 2 heterocycles. The van der Waals surface area contributed by atoms with Gasteiger partial charge in [0.2, 0.25) is 5.52 Å². The predicted octanol–water partition coefficient (Wildman–Crippen LogP) is 2.60. The second-order valence-corrected chi connectivity index (χ2v) is 6.67. The summed E-state index contributed by atoms with van der Waals surface area (Å²) in [5.41, 5.74) is 6.33. The number of hydrogen-bond acceptors (Lipinski definition) is 1. The van der Waals surface area contributed by atoms with Gasteiger partial charge in [-0.25, -0.2) is 0 Å². The molecule has 3 aromatic rings. The van der Waals surface area contributed by atoms with Crippen LogP contribution < -0.4 is 26.4 Å². The van der Waals surface area contributed by atoms with E-state index in [1.165, 1.54) is 33.3 Å². The fourth-order valence-corrected chi connectivity index (χ4v) is 3.71. The number of rotatable bonds is 4. The van der Waals surface area contributed by atoms with Crippen LogP contribution in [0.15, 0.2) is 85.2 Å². The van der Waals surface area contributed by atoms with Gasteiger partial charge in [0, 0.05) is 36.1 Å². The number of para-hydroxylation sites is 2. The number of benzene rings is 2. The third-order valence-corrected chi connectivity index (χ3v) is 5.15. The molecule has 28 heavy (non-hydrogen) atoms. The highest BCUT2D eigenvalue weighted by Crippen LogP contribution is 2.32. The highest BCUT2D eigenvalue weighted by Gasteiger charge is 2.13. The van der Waals surface area contributed by atoms with Crippen molar-refractivity contribution in [1.29, 1.82) is 0 Å². The van der Waals surface area contributed by atoms with Crippen LogP contribution in [0.1, 0.15) is 25.0 Å². The largest absolute Gasteiger partial charge is 1.00 e. The molecule has 0 fully saturated rings. The van der Waals surface area contributed by atoms with Gasteiger partial charge in [0.1, 0.15) is 6.54 Å².